The number of phenolic OH excluding ortho intramolecular Hbond substituents is 2. The van der Waals surface area contributed by atoms with E-state index in [1.54, 1.807) is 88.7 Å². The molecule has 8 aliphatic rings. The van der Waals surface area contributed by atoms with E-state index in [0.717, 1.165) is 6.07 Å². The fourth-order valence-corrected chi connectivity index (χ4v) is 12.6. The van der Waals surface area contributed by atoms with Crippen molar-refractivity contribution in [3.05, 3.63) is 136 Å². The van der Waals surface area contributed by atoms with Gasteiger partial charge in [0.15, 0.2) is 103 Å². The summed E-state index contributed by atoms with van der Waals surface area (Å²) in [7, 11) is 0. The lowest BCUT2D eigenvalue weighted by Crippen LogP contribution is -2.39. The van der Waals surface area contributed by atoms with Gasteiger partial charge in [0.1, 0.15) is 62.2 Å². The van der Waals surface area contributed by atoms with Crippen LogP contribution in [-0.2, 0) is 25.6 Å². The van der Waals surface area contributed by atoms with Gasteiger partial charge in [0.25, 0.3) is 0 Å². The predicted octanol–water partition coefficient (Wildman–Crippen LogP) is 10.9. The van der Waals surface area contributed by atoms with E-state index < -0.39 is 29.4 Å². The second-order valence-electron chi connectivity index (χ2n) is 25.5. The number of hydrogen-bond acceptors (Lipinski definition) is 33. The van der Waals surface area contributed by atoms with Crippen LogP contribution in [0.4, 0.5) is 9.59 Å². The van der Waals surface area contributed by atoms with E-state index in [1.807, 2.05) is 41.5 Å². The first-order valence-electron chi connectivity index (χ1n) is 36.7. The number of ketones is 2. The summed E-state index contributed by atoms with van der Waals surface area (Å²) in [5.41, 5.74) is 1.82. The van der Waals surface area contributed by atoms with Gasteiger partial charge in [0.2, 0.25) is 65.3 Å². The van der Waals surface area contributed by atoms with Crippen LogP contribution in [0.2, 0.25) is 0 Å². The molecule has 11 heterocycles. The topological polar surface area (TPSA) is 469 Å². The fraction of sp³-hybridized carbons (Fsp3) is 0.312. The fourth-order valence-electron chi connectivity index (χ4n) is 12.6. The molecule has 3 aromatic heterocycles. The Balaban J connectivity index is 0.000000127. The molecule has 0 bridgehead atoms. The van der Waals surface area contributed by atoms with E-state index in [9.17, 15) is 53.4 Å². The van der Waals surface area contributed by atoms with Crippen molar-refractivity contribution in [2.75, 3.05) is 86.8 Å². The van der Waals surface area contributed by atoms with Crippen molar-refractivity contribution in [3.63, 3.8) is 0 Å². The maximum absolute atomic E-state index is 12.2. The molecule has 0 radical (unpaired) electrons. The van der Waals surface area contributed by atoms with Gasteiger partial charge in [-0.25, -0.2) is 14.4 Å². The minimum absolute atomic E-state index is 0.00303. The Morgan fingerprint density at radius 3 is 1.49 bits per heavy atom. The Morgan fingerprint density at radius 2 is 0.924 bits per heavy atom. The number of nitrogens with zero attached hydrogens (tertiary/aromatic N) is 5. The van der Waals surface area contributed by atoms with Crippen molar-refractivity contribution < 1.29 is 148 Å². The normalized spacial score (nSPS) is 14.2. The molecule has 620 valence electrons. The highest BCUT2D eigenvalue weighted by atomic mass is 16.7. The largest absolute Gasteiger partial charge is 0.508 e. The second kappa shape index (κ2) is 37.5. The Labute approximate surface area is 668 Å². The number of phenols is 2. The molecule has 5 N–H and O–H groups in total. The third-order valence-electron chi connectivity index (χ3n) is 18.4. The maximum Gasteiger partial charge on any atom is 0.415 e. The molecule has 1 atom stereocenters. The molecule has 7 aromatic carbocycles. The Kier molecular flexibility index (Phi) is 26.3. The van der Waals surface area contributed by atoms with E-state index in [-0.39, 0.29) is 142 Å². The zero-order chi connectivity index (χ0) is 83.8. The van der Waals surface area contributed by atoms with Gasteiger partial charge in [0.05, 0.1) is 35.6 Å². The maximum atomic E-state index is 12.2. The molecular formula is C80H78N6O32. The molecule has 0 spiro atoms. The first-order chi connectivity index (χ1) is 57.0. The number of benzene rings is 7. The summed E-state index contributed by atoms with van der Waals surface area (Å²) >= 11 is 0. The number of piperidine rings is 1. The number of aromatic hydroxyl groups is 3. The third kappa shape index (κ3) is 18.7. The number of hydrogen-bond donors (Lipinski definition) is 5. The number of rotatable bonds is 15. The molecule has 1 fully saturated rings. The zero-order valence-corrected chi connectivity index (χ0v) is 64.4. The number of amides is 5. The molecule has 0 saturated carbocycles. The molecule has 8 aliphatic heterocycles. The first-order valence-corrected chi connectivity index (χ1v) is 36.7. The van der Waals surface area contributed by atoms with Gasteiger partial charge in [-0.05, 0) is 140 Å². The molecule has 38 nitrogen and oxygen atoms in total. The van der Waals surface area contributed by atoms with Crippen LogP contribution in [0.15, 0.2) is 121 Å². The summed E-state index contributed by atoms with van der Waals surface area (Å²) < 4.78 is 98.5. The quantitative estimate of drug-likeness (QED) is 0.0275. The highest BCUT2D eigenvalue weighted by molar-refractivity contribution is 6.11. The van der Waals surface area contributed by atoms with Crippen LogP contribution >= 0.6 is 0 Å². The van der Waals surface area contributed by atoms with Crippen LogP contribution in [0, 0.1) is 0 Å². The van der Waals surface area contributed by atoms with Crippen molar-refractivity contribution in [3.8, 4) is 109 Å². The average molecular weight is 1640 g/mol. The van der Waals surface area contributed by atoms with Gasteiger partial charge in [-0.15, -0.1) is 0 Å². The van der Waals surface area contributed by atoms with Crippen molar-refractivity contribution in [1.29, 1.82) is 0 Å². The van der Waals surface area contributed by atoms with Crippen LogP contribution in [0.25, 0.3) is 32.9 Å². The van der Waals surface area contributed by atoms with Gasteiger partial charge >= 0.3 is 23.8 Å². The molecule has 5 amide bonds. The van der Waals surface area contributed by atoms with Crippen LogP contribution in [0.1, 0.15) is 106 Å². The minimum atomic E-state index is -0.966. The Hall–Kier alpha value is -14.8. The van der Waals surface area contributed by atoms with Crippen LogP contribution in [-0.4, -0.2) is 180 Å². The summed E-state index contributed by atoms with van der Waals surface area (Å²) in [5.74, 6) is 4.63. The number of imide groups is 1. The molecular weight excluding hydrogens is 1560 g/mol. The van der Waals surface area contributed by atoms with Crippen molar-refractivity contribution in [1.82, 2.24) is 30.3 Å². The van der Waals surface area contributed by atoms with Gasteiger partial charge in [-0.1, -0.05) is 10.3 Å². The highest BCUT2D eigenvalue weighted by Gasteiger charge is 2.36. The Bertz CT molecular complexity index is 5510. The highest BCUT2D eigenvalue weighted by Crippen LogP contribution is 2.47. The molecule has 1 saturated heterocycles. The summed E-state index contributed by atoms with van der Waals surface area (Å²) in [6.45, 7) is 16.9. The summed E-state index contributed by atoms with van der Waals surface area (Å²) in [6, 6.07) is 27.0. The van der Waals surface area contributed by atoms with Crippen molar-refractivity contribution in [2.24, 2.45) is 0 Å². The number of carbonyl (C=O) groups excluding carboxylic acids is 7. The van der Waals surface area contributed by atoms with Crippen LogP contribution in [0.5, 0.6) is 109 Å². The van der Waals surface area contributed by atoms with E-state index in [0.29, 0.717) is 165 Å². The van der Waals surface area contributed by atoms with Gasteiger partial charge in [-0.2, -0.15) is 0 Å². The number of aromatic nitrogens is 2. The predicted molar refractivity (Wildman–Crippen MR) is 405 cm³/mol. The van der Waals surface area contributed by atoms with Gasteiger partial charge < -0.3 is 124 Å². The molecule has 1 unspecified atom stereocenters. The number of fused-ring (bicyclic) bond motifs is 13. The SMILES string of the molecule is CCN(CC)C(=O)CC(=O)c1c(O)ccc2c1OCO2.CCN(CC)C(=O)Oc1ccc2c(c1)OCO2.CCN(CC)C(=O)Oc1ccc2c(c1C(C)=O)OCO2.O=C(O)Cc1noc2ccc3c(c12)OCO3.O=C1CCC(c2noc3ccc4c(c23)OCO4)C(=O)N1.O=c1cc(O)c2c3c(ccc2o1)OCO3.Oc1ccc2c(c1)OCO2. The second-order valence-corrected chi connectivity index (χ2v) is 25.5. The number of carbonyl (C=O) groups is 8. The molecule has 0 aliphatic carbocycles. The van der Waals surface area contributed by atoms with Crippen LogP contribution < -0.4 is 86.7 Å². The Morgan fingerprint density at radius 1 is 0.466 bits per heavy atom. The van der Waals surface area contributed by atoms with E-state index in [1.165, 1.54) is 30.0 Å². The first kappa shape index (κ1) is 82.7. The standard InChI is InChI=1S/2C14H17NO5.C13H10N2O5.C12H15NO4.C10H7NO5.C10H6O5.C7H6O3/c1-4-15(5-2)14(17)20-10-6-7-11-13(19-8-18-11)12(10)9(3)16;1-3-15(4-2)12(18)7-10(17)13-9(16)5-6-11-14(13)20-8-19-11;16-9-4-1-6(13(17)14-9)11-10-7(20-15-11)2-3-8-12(10)19-5-18-8;1-3-13(4-2)12(14)17-9-5-6-10-11(7-9)16-8-15-10;12-8(13)3-5-9-6(16-11-5)1-2-7-10(9)15-4-14-7;11-5-3-8(12)15-6-1-2-7-10(9(5)6)14-4-13-7;8-5-1-2-6-7(3-5)10-4-9-6/h6-7H,4-5,8H2,1-3H3;5-6,16H,3-4,7-8H2,1-2H3;2-3,6H,1,4-5H2,(H,14,16,17);5-7H,3-4,8H2,1-2H3;1-2H,3-4H2,(H,12,13);1-3,11H,4H2;1-3,8H,4H2. The van der Waals surface area contributed by atoms with Crippen LogP contribution in [0.3, 0.4) is 0 Å². The zero-order valence-electron chi connectivity index (χ0n) is 64.4. The average Bonchev–Trinajstić information content (AvgIpc) is 1.61. The lowest BCUT2D eigenvalue weighted by atomic mass is 9.92. The third-order valence-corrected chi connectivity index (χ3v) is 18.4. The van der Waals surface area contributed by atoms with Gasteiger partial charge in [-0.3, -0.25) is 34.1 Å². The number of carboxylic acid groups (broad SMARTS) is 1. The number of aliphatic carboxylic acids is 1. The number of nitrogens with one attached hydrogen (secondary N) is 1. The molecule has 118 heavy (non-hydrogen) atoms. The summed E-state index contributed by atoms with van der Waals surface area (Å²) in [4.78, 5) is 109. The number of ether oxygens (including phenoxy) is 16. The molecule has 38 heteroatoms. The number of carboxylic acids is 1. The van der Waals surface area contributed by atoms with Crippen molar-refractivity contribution in [2.45, 2.75) is 80.1 Å². The van der Waals surface area contributed by atoms with Crippen molar-refractivity contribution >= 4 is 80.4 Å². The smallest absolute Gasteiger partial charge is 0.415 e. The lowest BCUT2D eigenvalue weighted by molar-refractivity contribution is -0.136. The van der Waals surface area contributed by atoms with E-state index in [4.69, 9.17) is 99.5 Å². The monoisotopic (exact) mass is 1630 g/mol. The lowest BCUT2D eigenvalue weighted by Gasteiger charge is -2.19. The van der Waals surface area contributed by atoms with E-state index >= 15 is 0 Å². The minimum Gasteiger partial charge on any atom is -0.508 e. The summed E-state index contributed by atoms with van der Waals surface area (Å²) in [5, 5.41) is 48.8. The van der Waals surface area contributed by atoms with E-state index in [2.05, 4.69) is 15.6 Å². The summed E-state index contributed by atoms with van der Waals surface area (Å²) in [6.07, 6.45) is -0.638. The number of Topliss-reactive ketones (excluding diaryl/α,β-unsaturated/α-hetero) is 2. The molecule has 18 rings (SSSR count). The van der Waals surface area contributed by atoms with Gasteiger partial charge in [0, 0.05) is 57.8 Å². The molecule has 10 aromatic rings.